The lowest BCUT2D eigenvalue weighted by Gasteiger charge is -2.35. The molecule has 0 fully saturated rings. The summed E-state index contributed by atoms with van der Waals surface area (Å²) in [5, 5.41) is 10.3. The minimum atomic E-state index is -2.87. The maximum atomic E-state index is 5.01. The molecule has 4 heterocycles. The van der Waals surface area contributed by atoms with Crippen LogP contribution in [0, 0.1) is 0 Å². The Morgan fingerprint density at radius 2 is 1.10 bits per heavy atom. The molecule has 0 spiro atoms. The van der Waals surface area contributed by atoms with Gasteiger partial charge in [0.25, 0.3) is 0 Å². The molecule has 0 N–H and O–H groups in total. The van der Waals surface area contributed by atoms with Crippen molar-refractivity contribution in [3.8, 4) is 16.9 Å². The lowest BCUT2D eigenvalue weighted by Crippen LogP contribution is -2.74. The largest absolute Gasteiger partial charge is 0.294 e. The summed E-state index contributed by atoms with van der Waals surface area (Å²) in [6.45, 7) is 0. The predicted octanol–water partition coefficient (Wildman–Crippen LogP) is 8.99. The van der Waals surface area contributed by atoms with Gasteiger partial charge in [0.15, 0.2) is 8.07 Å². The first-order valence-electron chi connectivity index (χ1n) is 17.2. The summed E-state index contributed by atoms with van der Waals surface area (Å²) >= 11 is 1.86. The fourth-order valence-electron chi connectivity index (χ4n) is 8.02. The number of rotatable bonds is 6. The van der Waals surface area contributed by atoms with Gasteiger partial charge in [0.2, 0.25) is 0 Å². The highest BCUT2D eigenvalue weighted by Crippen LogP contribution is 2.40. The van der Waals surface area contributed by atoms with E-state index >= 15 is 0 Å². The van der Waals surface area contributed by atoms with Gasteiger partial charge < -0.3 is 0 Å². The molecule has 0 amide bonds. The van der Waals surface area contributed by atoms with E-state index in [0.717, 1.165) is 28.0 Å². The SMILES string of the molecule is c1ccc([Si](c2ccccc2)(c2cccc(-c3ccccn3)c2)c2cccc(-n3c4cc5sc6ccccc6c5cc4c4cccnc43)c2)cc1. The number of nitrogens with zero attached hydrogens (tertiary/aromatic N) is 3. The normalized spacial score (nSPS) is 11.9. The zero-order valence-electron chi connectivity index (χ0n) is 27.6. The quantitative estimate of drug-likeness (QED) is 0.129. The number of fused-ring (bicyclic) bond motifs is 6. The minimum absolute atomic E-state index is 0.968. The summed E-state index contributed by atoms with van der Waals surface area (Å²) in [5.74, 6) is 0. The number of pyridine rings is 2. The molecular formula is C46H31N3SSi. The molecule has 0 saturated heterocycles. The Kier molecular flexibility index (Phi) is 7.01. The van der Waals surface area contributed by atoms with Crippen molar-refractivity contribution < 1.29 is 0 Å². The third-order valence-electron chi connectivity index (χ3n) is 10.2. The van der Waals surface area contributed by atoms with Crippen LogP contribution in [0.1, 0.15) is 0 Å². The molecule has 0 aliphatic carbocycles. The molecule has 6 aromatic carbocycles. The van der Waals surface area contributed by atoms with Crippen molar-refractivity contribution in [3.63, 3.8) is 0 Å². The van der Waals surface area contributed by atoms with Crippen LogP contribution in [0.4, 0.5) is 0 Å². The third-order valence-corrected chi connectivity index (χ3v) is 16.1. The van der Waals surface area contributed by atoms with E-state index < -0.39 is 8.07 Å². The molecule has 3 nitrogen and oxygen atoms in total. The smallest absolute Gasteiger partial charge is 0.179 e. The first-order chi connectivity index (χ1) is 25.3. The second-order valence-corrected chi connectivity index (χ2v) is 17.9. The van der Waals surface area contributed by atoms with E-state index in [2.05, 4.69) is 174 Å². The first-order valence-corrected chi connectivity index (χ1v) is 20.0. The molecule has 0 bridgehead atoms. The zero-order valence-corrected chi connectivity index (χ0v) is 29.5. The molecule has 5 heteroatoms. The van der Waals surface area contributed by atoms with E-state index in [0.29, 0.717) is 0 Å². The van der Waals surface area contributed by atoms with Gasteiger partial charge >= 0.3 is 0 Å². The van der Waals surface area contributed by atoms with Crippen LogP contribution in [-0.4, -0.2) is 22.6 Å². The Morgan fingerprint density at radius 3 is 1.88 bits per heavy atom. The molecular weight excluding hydrogens is 655 g/mol. The van der Waals surface area contributed by atoms with Gasteiger partial charge in [-0.3, -0.25) is 9.55 Å². The second kappa shape index (κ2) is 12.0. The van der Waals surface area contributed by atoms with Crippen LogP contribution in [0.25, 0.3) is 59.1 Å². The molecule has 0 atom stereocenters. The topological polar surface area (TPSA) is 30.7 Å². The lowest BCUT2D eigenvalue weighted by atomic mass is 10.1. The highest BCUT2D eigenvalue weighted by Gasteiger charge is 2.42. The summed E-state index contributed by atoms with van der Waals surface area (Å²) in [5.41, 5.74) is 5.34. The Balaban J connectivity index is 1.27. The van der Waals surface area contributed by atoms with Crippen LogP contribution in [-0.2, 0) is 0 Å². The van der Waals surface area contributed by atoms with Crippen molar-refractivity contribution in [3.05, 3.63) is 188 Å². The molecule has 0 radical (unpaired) electrons. The van der Waals surface area contributed by atoms with Crippen molar-refractivity contribution >= 4 is 82.3 Å². The van der Waals surface area contributed by atoms with Gasteiger partial charge in [-0.15, -0.1) is 11.3 Å². The molecule has 10 aromatic rings. The van der Waals surface area contributed by atoms with Gasteiger partial charge in [-0.1, -0.05) is 121 Å². The Morgan fingerprint density at radius 1 is 0.431 bits per heavy atom. The fraction of sp³-hybridized carbons (Fsp3) is 0. The summed E-state index contributed by atoms with van der Waals surface area (Å²) in [7, 11) is -2.87. The van der Waals surface area contributed by atoms with Crippen molar-refractivity contribution in [2.24, 2.45) is 0 Å². The molecule has 0 aliphatic rings. The van der Waals surface area contributed by atoms with Crippen LogP contribution < -0.4 is 20.7 Å². The van der Waals surface area contributed by atoms with Crippen molar-refractivity contribution in [1.29, 1.82) is 0 Å². The maximum Gasteiger partial charge on any atom is 0.179 e. The van der Waals surface area contributed by atoms with E-state index in [-0.39, 0.29) is 0 Å². The van der Waals surface area contributed by atoms with Crippen molar-refractivity contribution in [1.82, 2.24) is 14.5 Å². The number of benzene rings is 6. The first kappa shape index (κ1) is 29.7. The fourth-order valence-corrected chi connectivity index (χ4v) is 14.0. The second-order valence-electron chi connectivity index (χ2n) is 13.0. The summed E-state index contributed by atoms with van der Waals surface area (Å²) < 4.78 is 4.97. The Hall–Kier alpha value is -6.14. The molecule has 240 valence electrons. The molecule has 10 rings (SSSR count). The molecule has 4 aromatic heterocycles. The van der Waals surface area contributed by atoms with Crippen LogP contribution in [0.15, 0.2) is 188 Å². The number of thiophene rings is 1. The predicted molar refractivity (Wildman–Crippen MR) is 218 cm³/mol. The van der Waals surface area contributed by atoms with Crippen molar-refractivity contribution in [2.45, 2.75) is 0 Å². The summed E-state index contributed by atoms with van der Waals surface area (Å²) in [4.78, 5) is 9.75. The van der Waals surface area contributed by atoms with Gasteiger partial charge in [0.1, 0.15) is 5.65 Å². The van der Waals surface area contributed by atoms with E-state index in [9.17, 15) is 0 Å². The van der Waals surface area contributed by atoms with Crippen LogP contribution in [0.3, 0.4) is 0 Å². The van der Waals surface area contributed by atoms with Gasteiger partial charge in [-0.25, -0.2) is 4.98 Å². The van der Waals surface area contributed by atoms with Crippen molar-refractivity contribution in [2.75, 3.05) is 0 Å². The summed E-state index contributed by atoms with van der Waals surface area (Å²) in [6, 6.07) is 64.4. The average Bonchev–Trinajstić information content (AvgIpc) is 3.73. The minimum Gasteiger partial charge on any atom is -0.294 e. The monoisotopic (exact) mass is 685 g/mol. The average molecular weight is 686 g/mol. The highest BCUT2D eigenvalue weighted by molar-refractivity contribution is 7.26. The highest BCUT2D eigenvalue weighted by atomic mass is 32.1. The Labute approximate surface area is 300 Å². The lowest BCUT2D eigenvalue weighted by molar-refractivity contribution is 1.14. The van der Waals surface area contributed by atoms with Crippen LogP contribution >= 0.6 is 11.3 Å². The van der Waals surface area contributed by atoms with Crippen LogP contribution in [0.5, 0.6) is 0 Å². The zero-order chi connectivity index (χ0) is 33.8. The number of hydrogen-bond donors (Lipinski definition) is 0. The van der Waals surface area contributed by atoms with E-state index in [1.54, 1.807) is 0 Å². The Bertz CT molecular complexity index is 2820. The molecule has 0 unspecified atom stereocenters. The van der Waals surface area contributed by atoms with Gasteiger partial charge in [-0.2, -0.15) is 0 Å². The van der Waals surface area contributed by atoms with Gasteiger partial charge in [0.05, 0.1) is 11.2 Å². The number of aromatic nitrogens is 3. The molecule has 0 saturated carbocycles. The third kappa shape index (κ3) is 4.70. The summed E-state index contributed by atoms with van der Waals surface area (Å²) in [6.07, 6.45) is 3.78. The van der Waals surface area contributed by atoms with Crippen LogP contribution in [0.2, 0.25) is 0 Å². The van der Waals surface area contributed by atoms with Gasteiger partial charge in [-0.05, 0) is 75.3 Å². The van der Waals surface area contributed by atoms with E-state index in [4.69, 9.17) is 9.97 Å². The number of hydrogen-bond acceptors (Lipinski definition) is 3. The van der Waals surface area contributed by atoms with Gasteiger partial charge in [0, 0.05) is 54.6 Å². The van der Waals surface area contributed by atoms with E-state index in [1.807, 2.05) is 29.8 Å². The molecule has 0 aliphatic heterocycles. The maximum absolute atomic E-state index is 5.01. The molecule has 51 heavy (non-hydrogen) atoms. The standard InChI is InChI=1S/C46H31N3SSi/c1-3-16-34(17-4-1)51(35-18-5-2-6-19-35,36-20-11-14-32(28-36)42-24-9-10-26-47-42)37-21-12-15-33(29-37)49-43-31-45-41(38-22-7-8-25-44(38)50-45)30-40(43)39-23-13-27-48-46(39)49/h1-31H. The van der Waals surface area contributed by atoms with E-state index in [1.165, 1.54) is 51.8 Å².